The van der Waals surface area contributed by atoms with Crippen LogP contribution in [0, 0.1) is 0 Å². The Labute approximate surface area is 113 Å². The molecule has 0 bridgehead atoms. The Morgan fingerprint density at radius 2 is 1.84 bits per heavy atom. The second-order valence-corrected chi connectivity index (χ2v) is 4.52. The molecule has 0 aliphatic rings. The summed E-state index contributed by atoms with van der Waals surface area (Å²) >= 11 is 6.11. The van der Waals surface area contributed by atoms with Crippen molar-refractivity contribution in [1.29, 1.82) is 0 Å². The van der Waals surface area contributed by atoms with Crippen LogP contribution in [0.2, 0.25) is 5.02 Å². The molecule has 0 amide bonds. The lowest BCUT2D eigenvalue weighted by Gasteiger charge is -2.07. The number of fused-ring (bicyclic) bond motifs is 1. The van der Waals surface area contributed by atoms with Gasteiger partial charge in [-0.1, -0.05) is 29.8 Å². The number of hydrogen-bond acceptors (Lipinski definition) is 3. The zero-order chi connectivity index (χ0) is 13.4. The fraction of sp³-hybridized carbons (Fsp3) is 0. The molecule has 0 aliphatic carbocycles. The van der Waals surface area contributed by atoms with Gasteiger partial charge in [-0.3, -0.25) is 4.79 Å². The molecule has 1 aromatic heterocycles. The summed E-state index contributed by atoms with van der Waals surface area (Å²) in [5.74, 6) is 0.0856. The Morgan fingerprint density at radius 3 is 2.58 bits per heavy atom. The third kappa shape index (κ3) is 1.96. The summed E-state index contributed by atoms with van der Waals surface area (Å²) in [5, 5.41) is 17.6. The van der Waals surface area contributed by atoms with Crippen LogP contribution in [0.15, 0.2) is 47.3 Å². The molecule has 4 nitrogen and oxygen atoms in total. The summed E-state index contributed by atoms with van der Waals surface area (Å²) in [7, 11) is 0. The molecule has 2 aromatic carbocycles. The maximum Gasteiger partial charge on any atom is 0.272 e. The highest BCUT2D eigenvalue weighted by Crippen LogP contribution is 2.32. The largest absolute Gasteiger partial charge is 0.508 e. The zero-order valence-corrected chi connectivity index (χ0v) is 10.5. The highest BCUT2D eigenvalue weighted by molar-refractivity contribution is 6.33. The van der Waals surface area contributed by atoms with Gasteiger partial charge in [0, 0.05) is 10.9 Å². The molecule has 0 aliphatic heterocycles. The summed E-state index contributed by atoms with van der Waals surface area (Å²) in [5.41, 5.74) is 1.00. The van der Waals surface area contributed by atoms with E-state index in [9.17, 15) is 9.90 Å². The van der Waals surface area contributed by atoms with Gasteiger partial charge >= 0.3 is 0 Å². The molecule has 0 unspecified atom stereocenters. The SMILES string of the molecule is O=c1[nH]nc(-c2ccc(O)cc2Cl)c2ccccc12. The molecule has 2 N–H and O–H groups in total. The van der Waals surface area contributed by atoms with Gasteiger partial charge in [0.25, 0.3) is 5.56 Å². The number of halogens is 1. The van der Waals surface area contributed by atoms with E-state index in [2.05, 4.69) is 10.2 Å². The number of benzene rings is 2. The van der Waals surface area contributed by atoms with Crippen LogP contribution in [-0.2, 0) is 0 Å². The van der Waals surface area contributed by atoms with Crippen LogP contribution < -0.4 is 5.56 Å². The smallest absolute Gasteiger partial charge is 0.272 e. The highest BCUT2D eigenvalue weighted by Gasteiger charge is 2.11. The third-order valence-electron chi connectivity index (χ3n) is 2.90. The number of nitrogens with one attached hydrogen (secondary N) is 1. The number of hydrogen-bond donors (Lipinski definition) is 2. The van der Waals surface area contributed by atoms with Crippen LogP contribution in [0.5, 0.6) is 5.75 Å². The molecular weight excluding hydrogens is 264 g/mol. The van der Waals surface area contributed by atoms with Gasteiger partial charge < -0.3 is 5.11 Å². The molecule has 1 heterocycles. The Bertz CT molecular complexity index is 827. The summed E-state index contributed by atoms with van der Waals surface area (Å²) in [6, 6.07) is 11.8. The minimum atomic E-state index is -0.241. The van der Waals surface area contributed by atoms with Gasteiger partial charge in [-0.2, -0.15) is 5.10 Å². The van der Waals surface area contributed by atoms with E-state index in [1.807, 2.05) is 12.1 Å². The summed E-state index contributed by atoms with van der Waals surface area (Å²) in [6.45, 7) is 0. The van der Waals surface area contributed by atoms with Crippen molar-refractivity contribution >= 4 is 22.4 Å². The first kappa shape index (κ1) is 11.7. The first-order valence-corrected chi connectivity index (χ1v) is 6.01. The number of phenols is 1. The fourth-order valence-electron chi connectivity index (χ4n) is 2.02. The van der Waals surface area contributed by atoms with Crippen molar-refractivity contribution in [3.63, 3.8) is 0 Å². The minimum absolute atomic E-state index is 0.0856. The van der Waals surface area contributed by atoms with Crippen molar-refractivity contribution in [3.05, 3.63) is 57.8 Å². The number of aromatic nitrogens is 2. The van der Waals surface area contributed by atoms with Crippen molar-refractivity contribution in [3.8, 4) is 17.0 Å². The zero-order valence-electron chi connectivity index (χ0n) is 9.72. The average molecular weight is 273 g/mol. The minimum Gasteiger partial charge on any atom is -0.508 e. The molecule has 0 atom stereocenters. The maximum atomic E-state index is 11.7. The monoisotopic (exact) mass is 272 g/mol. The normalized spacial score (nSPS) is 10.8. The summed E-state index contributed by atoms with van der Waals surface area (Å²) < 4.78 is 0. The van der Waals surface area contributed by atoms with Crippen molar-refractivity contribution in [2.45, 2.75) is 0 Å². The number of H-pyrrole nitrogens is 1. The molecule has 0 fully saturated rings. The average Bonchev–Trinajstić information content (AvgIpc) is 2.41. The summed E-state index contributed by atoms with van der Waals surface area (Å²) in [6.07, 6.45) is 0. The van der Waals surface area contributed by atoms with Crippen molar-refractivity contribution in [2.75, 3.05) is 0 Å². The van der Waals surface area contributed by atoms with E-state index >= 15 is 0 Å². The van der Waals surface area contributed by atoms with Crippen LogP contribution in [-0.4, -0.2) is 15.3 Å². The number of rotatable bonds is 1. The molecule has 3 rings (SSSR count). The van der Waals surface area contributed by atoms with Gasteiger partial charge in [0.2, 0.25) is 0 Å². The van der Waals surface area contributed by atoms with Crippen molar-refractivity contribution < 1.29 is 5.11 Å². The van der Waals surface area contributed by atoms with Crippen LogP contribution in [0.1, 0.15) is 0 Å². The van der Waals surface area contributed by atoms with E-state index in [4.69, 9.17) is 11.6 Å². The Morgan fingerprint density at radius 1 is 1.11 bits per heavy atom. The Hall–Kier alpha value is -2.33. The maximum absolute atomic E-state index is 11.7. The second-order valence-electron chi connectivity index (χ2n) is 4.11. The Kier molecular flexibility index (Phi) is 2.72. The number of aromatic hydroxyl groups is 1. The van der Waals surface area contributed by atoms with Crippen molar-refractivity contribution in [2.24, 2.45) is 0 Å². The van der Waals surface area contributed by atoms with E-state index in [-0.39, 0.29) is 11.3 Å². The molecule has 19 heavy (non-hydrogen) atoms. The van der Waals surface area contributed by atoms with E-state index < -0.39 is 0 Å². The molecule has 0 saturated heterocycles. The lowest BCUT2D eigenvalue weighted by atomic mass is 10.1. The predicted octanol–water partition coefficient (Wildman–Crippen LogP) is 2.95. The molecule has 3 aromatic rings. The predicted molar refractivity (Wildman–Crippen MR) is 74.5 cm³/mol. The first-order valence-electron chi connectivity index (χ1n) is 5.63. The quantitative estimate of drug-likeness (QED) is 0.716. The second kappa shape index (κ2) is 4.40. The van der Waals surface area contributed by atoms with E-state index in [0.29, 0.717) is 21.7 Å². The molecule has 0 spiro atoms. The Balaban J connectivity index is 2.37. The van der Waals surface area contributed by atoms with Crippen LogP contribution in [0.3, 0.4) is 0 Å². The fourth-order valence-corrected chi connectivity index (χ4v) is 2.28. The van der Waals surface area contributed by atoms with Gasteiger partial charge in [0.1, 0.15) is 11.4 Å². The lowest BCUT2D eigenvalue weighted by molar-refractivity contribution is 0.475. The van der Waals surface area contributed by atoms with Crippen LogP contribution >= 0.6 is 11.6 Å². The van der Waals surface area contributed by atoms with Gasteiger partial charge in [-0.25, -0.2) is 5.10 Å². The van der Waals surface area contributed by atoms with E-state index in [0.717, 1.165) is 5.39 Å². The molecule has 94 valence electrons. The van der Waals surface area contributed by atoms with Gasteiger partial charge in [0.15, 0.2) is 0 Å². The van der Waals surface area contributed by atoms with E-state index in [1.54, 1.807) is 18.2 Å². The highest BCUT2D eigenvalue weighted by atomic mass is 35.5. The van der Waals surface area contributed by atoms with Gasteiger partial charge in [-0.05, 0) is 24.3 Å². The van der Waals surface area contributed by atoms with Gasteiger partial charge in [-0.15, -0.1) is 0 Å². The topological polar surface area (TPSA) is 66.0 Å². The van der Waals surface area contributed by atoms with Crippen molar-refractivity contribution in [1.82, 2.24) is 10.2 Å². The van der Waals surface area contributed by atoms with Gasteiger partial charge in [0.05, 0.1) is 10.4 Å². The summed E-state index contributed by atoms with van der Waals surface area (Å²) in [4.78, 5) is 11.7. The molecule has 0 radical (unpaired) electrons. The van der Waals surface area contributed by atoms with Crippen LogP contribution in [0.25, 0.3) is 22.0 Å². The van der Waals surface area contributed by atoms with E-state index in [1.165, 1.54) is 12.1 Å². The molecular formula is C14H9ClN2O2. The number of aromatic amines is 1. The number of nitrogens with zero attached hydrogens (tertiary/aromatic N) is 1. The molecule has 0 saturated carbocycles. The lowest BCUT2D eigenvalue weighted by Crippen LogP contribution is -2.09. The number of phenolic OH excluding ortho intramolecular Hbond substituents is 1. The third-order valence-corrected chi connectivity index (χ3v) is 3.22. The van der Waals surface area contributed by atoms with Crippen LogP contribution in [0.4, 0.5) is 0 Å². The first-order chi connectivity index (χ1) is 9.16. The molecule has 5 heteroatoms. The standard InChI is InChI=1S/C14H9ClN2O2/c15-12-7-8(18)5-6-11(12)13-9-3-1-2-4-10(9)14(19)17-16-13/h1-7,18H,(H,17,19).